The van der Waals surface area contributed by atoms with Gasteiger partial charge in [0, 0.05) is 12.2 Å². The van der Waals surface area contributed by atoms with Gasteiger partial charge < -0.3 is 5.11 Å². The summed E-state index contributed by atoms with van der Waals surface area (Å²) >= 11 is 0. The number of hydroxylamine groups is 1. The highest BCUT2D eigenvalue weighted by Gasteiger charge is 2.24. The maximum atomic E-state index is 11.7. The van der Waals surface area contributed by atoms with Crippen LogP contribution in [0.3, 0.4) is 0 Å². The van der Waals surface area contributed by atoms with E-state index in [4.69, 9.17) is 5.11 Å². The van der Waals surface area contributed by atoms with Gasteiger partial charge >= 0.3 is 12.0 Å². The van der Waals surface area contributed by atoms with Gasteiger partial charge in [-0.2, -0.15) is 0 Å². The maximum Gasteiger partial charge on any atom is 0.345 e. The molecule has 1 aromatic carbocycles. The molecule has 1 heterocycles. The van der Waals surface area contributed by atoms with Crippen molar-refractivity contribution >= 4 is 17.7 Å². The van der Waals surface area contributed by atoms with Gasteiger partial charge in [0.1, 0.15) is 0 Å². The Morgan fingerprint density at radius 1 is 1.41 bits per heavy atom. The molecule has 0 aliphatic carbocycles. The summed E-state index contributed by atoms with van der Waals surface area (Å²) in [6.07, 6.45) is 0.794. The number of hydrogen-bond donors (Lipinski definition) is 2. The number of carbonyl (C=O) groups is 2. The Kier molecular flexibility index (Phi) is 3.24. The summed E-state index contributed by atoms with van der Waals surface area (Å²) in [7, 11) is 0. The van der Waals surface area contributed by atoms with Crippen molar-refractivity contribution in [1.82, 2.24) is 5.48 Å². The van der Waals surface area contributed by atoms with Crippen molar-refractivity contribution in [3.8, 4) is 0 Å². The van der Waals surface area contributed by atoms with Crippen LogP contribution in [-0.4, -0.2) is 30.3 Å². The second kappa shape index (κ2) is 4.84. The van der Waals surface area contributed by atoms with E-state index in [1.807, 2.05) is 24.3 Å². The Balaban J connectivity index is 1.96. The van der Waals surface area contributed by atoms with Crippen LogP contribution in [-0.2, 0) is 16.1 Å². The Bertz CT molecular complexity index is 447. The van der Waals surface area contributed by atoms with E-state index >= 15 is 0 Å². The number of nitrogens with one attached hydrogen (secondary N) is 1. The molecule has 6 heteroatoms. The van der Waals surface area contributed by atoms with E-state index in [9.17, 15) is 9.59 Å². The SMILES string of the molecule is O=C(O)CONC(=O)N1CCc2ccccc21. The lowest BCUT2D eigenvalue weighted by Gasteiger charge is -2.17. The second-order valence-corrected chi connectivity index (χ2v) is 3.62. The van der Waals surface area contributed by atoms with Crippen LogP contribution in [0.25, 0.3) is 0 Å². The predicted molar refractivity (Wildman–Crippen MR) is 59.6 cm³/mol. The lowest BCUT2D eigenvalue weighted by molar-refractivity contribution is -0.143. The molecular weight excluding hydrogens is 224 g/mol. The van der Waals surface area contributed by atoms with E-state index in [1.165, 1.54) is 4.90 Å². The third-order valence-corrected chi connectivity index (χ3v) is 2.49. The van der Waals surface area contributed by atoms with Gasteiger partial charge in [-0.1, -0.05) is 18.2 Å². The lowest BCUT2D eigenvalue weighted by atomic mass is 10.2. The molecule has 0 spiro atoms. The predicted octanol–water partition coefficient (Wildman–Crippen LogP) is 0.775. The number of hydrogen-bond acceptors (Lipinski definition) is 3. The topological polar surface area (TPSA) is 78.9 Å². The molecule has 0 bridgehead atoms. The number of carboxylic acid groups (broad SMARTS) is 1. The van der Waals surface area contributed by atoms with Gasteiger partial charge in [-0.25, -0.2) is 15.1 Å². The number of urea groups is 1. The van der Waals surface area contributed by atoms with Gasteiger partial charge in [0.05, 0.1) is 0 Å². The summed E-state index contributed by atoms with van der Waals surface area (Å²) in [5.74, 6) is -1.13. The number of fused-ring (bicyclic) bond motifs is 1. The highest BCUT2D eigenvalue weighted by atomic mass is 16.7. The third-order valence-electron chi connectivity index (χ3n) is 2.49. The number of anilines is 1. The van der Waals surface area contributed by atoms with Gasteiger partial charge in [0.25, 0.3) is 0 Å². The molecule has 0 atom stereocenters. The van der Waals surface area contributed by atoms with Gasteiger partial charge in [-0.05, 0) is 18.1 Å². The minimum absolute atomic E-state index is 0.448. The number of carboxylic acids is 1. The molecule has 2 N–H and O–H groups in total. The zero-order chi connectivity index (χ0) is 12.3. The molecule has 0 saturated heterocycles. The molecule has 1 aromatic rings. The summed E-state index contributed by atoms with van der Waals surface area (Å²) in [6, 6.07) is 7.12. The fraction of sp³-hybridized carbons (Fsp3) is 0.273. The number of para-hydroxylation sites is 1. The Morgan fingerprint density at radius 2 is 2.18 bits per heavy atom. The maximum absolute atomic E-state index is 11.7. The van der Waals surface area contributed by atoms with Crippen molar-refractivity contribution in [3.63, 3.8) is 0 Å². The van der Waals surface area contributed by atoms with E-state index in [-0.39, 0.29) is 0 Å². The van der Waals surface area contributed by atoms with Crippen molar-refractivity contribution in [2.75, 3.05) is 18.1 Å². The van der Waals surface area contributed by atoms with Gasteiger partial charge in [-0.15, -0.1) is 0 Å². The van der Waals surface area contributed by atoms with Crippen molar-refractivity contribution in [2.24, 2.45) is 0 Å². The Morgan fingerprint density at radius 3 is 2.94 bits per heavy atom. The van der Waals surface area contributed by atoms with Crippen molar-refractivity contribution in [2.45, 2.75) is 6.42 Å². The minimum atomic E-state index is -1.13. The summed E-state index contributed by atoms with van der Waals surface area (Å²) in [5, 5.41) is 8.36. The average molecular weight is 236 g/mol. The summed E-state index contributed by atoms with van der Waals surface area (Å²) in [5.41, 5.74) is 4.04. The van der Waals surface area contributed by atoms with Crippen LogP contribution in [0.2, 0.25) is 0 Å². The minimum Gasteiger partial charge on any atom is -0.479 e. The van der Waals surface area contributed by atoms with Crippen LogP contribution in [0.5, 0.6) is 0 Å². The number of rotatable bonds is 3. The van der Waals surface area contributed by atoms with Gasteiger partial charge in [0.2, 0.25) is 0 Å². The first-order valence-electron chi connectivity index (χ1n) is 5.17. The molecule has 0 radical (unpaired) electrons. The first kappa shape index (κ1) is 11.4. The fourth-order valence-corrected chi connectivity index (χ4v) is 1.76. The summed E-state index contributed by atoms with van der Waals surface area (Å²) < 4.78 is 0. The molecular formula is C11H12N2O4. The van der Waals surface area contributed by atoms with Crippen molar-refractivity contribution in [3.05, 3.63) is 29.8 Å². The van der Waals surface area contributed by atoms with Crippen LogP contribution >= 0.6 is 0 Å². The first-order chi connectivity index (χ1) is 8.18. The normalized spacial score (nSPS) is 13.3. The molecule has 1 aliphatic rings. The van der Waals surface area contributed by atoms with Crippen LogP contribution in [0.15, 0.2) is 24.3 Å². The zero-order valence-electron chi connectivity index (χ0n) is 9.05. The largest absolute Gasteiger partial charge is 0.479 e. The fourth-order valence-electron chi connectivity index (χ4n) is 1.76. The van der Waals surface area contributed by atoms with E-state index in [2.05, 4.69) is 10.3 Å². The summed E-state index contributed by atoms with van der Waals surface area (Å²) in [4.78, 5) is 28.0. The van der Waals surface area contributed by atoms with E-state index < -0.39 is 18.6 Å². The van der Waals surface area contributed by atoms with Crippen LogP contribution < -0.4 is 10.4 Å². The van der Waals surface area contributed by atoms with E-state index in [0.29, 0.717) is 6.54 Å². The van der Waals surface area contributed by atoms with E-state index in [1.54, 1.807) is 0 Å². The molecule has 2 rings (SSSR count). The van der Waals surface area contributed by atoms with Gasteiger partial charge in [0.15, 0.2) is 6.61 Å². The molecule has 0 unspecified atom stereocenters. The van der Waals surface area contributed by atoms with E-state index in [0.717, 1.165) is 17.7 Å². The first-order valence-corrected chi connectivity index (χ1v) is 5.17. The smallest absolute Gasteiger partial charge is 0.345 e. The summed E-state index contributed by atoms with van der Waals surface area (Å²) in [6.45, 7) is 0.0167. The van der Waals surface area contributed by atoms with Crippen molar-refractivity contribution in [1.29, 1.82) is 0 Å². The molecule has 2 amide bonds. The number of amides is 2. The van der Waals surface area contributed by atoms with Gasteiger partial charge in [-0.3, -0.25) is 9.74 Å². The molecule has 0 fully saturated rings. The molecule has 1 aliphatic heterocycles. The number of carbonyl (C=O) groups excluding carboxylic acids is 1. The molecule has 0 aromatic heterocycles. The van der Waals surface area contributed by atoms with Crippen LogP contribution in [0.4, 0.5) is 10.5 Å². The Labute approximate surface area is 97.7 Å². The van der Waals surface area contributed by atoms with Crippen LogP contribution in [0, 0.1) is 0 Å². The molecule has 6 nitrogen and oxygen atoms in total. The lowest BCUT2D eigenvalue weighted by Crippen LogP contribution is -2.39. The molecule has 90 valence electrons. The average Bonchev–Trinajstić information content (AvgIpc) is 2.72. The monoisotopic (exact) mass is 236 g/mol. The quantitative estimate of drug-likeness (QED) is 0.760. The Hall–Kier alpha value is -2.08. The second-order valence-electron chi connectivity index (χ2n) is 3.62. The highest BCUT2D eigenvalue weighted by molar-refractivity contribution is 5.93. The number of benzene rings is 1. The molecule has 0 saturated carbocycles. The zero-order valence-corrected chi connectivity index (χ0v) is 9.05. The number of nitrogens with zero attached hydrogens (tertiary/aromatic N) is 1. The highest BCUT2D eigenvalue weighted by Crippen LogP contribution is 2.27. The number of aliphatic carboxylic acids is 1. The van der Waals surface area contributed by atoms with Crippen LogP contribution in [0.1, 0.15) is 5.56 Å². The molecule has 17 heavy (non-hydrogen) atoms. The standard InChI is InChI=1S/C11H12N2O4/c14-10(15)7-17-12-11(16)13-6-5-8-3-1-2-4-9(8)13/h1-4H,5-7H2,(H,12,16)(H,14,15). The van der Waals surface area contributed by atoms with Crippen molar-refractivity contribution < 1.29 is 19.5 Å². The third kappa shape index (κ3) is 2.54.